The number of hydrogen-bond donors (Lipinski definition) is 1. The molecule has 0 spiro atoms. The highest BCUT2D eigenvalue weighted by Gasteiger charge is 2.21. The standard InChI is InChI=1S/C15H16ClN5O2/c16-12-9-11(10-19-13(12)22)14(23)20-5-2-6-21(8-7-20)15-17-3-1-4-18-15/h1,3-4,9-10H,2,5-8H2,(H,19,22). The van der Waals surface area contributed by atoms with Gasteiger partial charge in [0.1, 0.15) is 5.02 Å². The molecule has 120 valence electrons. The topological polar surface area (TPSA) is 82.2 Å². The van der Waals surface area contributed by atoms with Gasteiger partial charge in [0, 0.05) is 44.8 Å². The SMILES string of the molecule is O=C(c1c[nH]c(=O)c(Cl)c1)N1CCCN(c2ncccn2)CC1. The zero-order valence-electron chi connectivity index (χ0n) is 12.4. The molecule has 0 aromatic carbocycles. The number of carbonyl (C=O) groups excluding carboxylic acids is 1. The number of nitrogens with zero attached hydrogens (tertiary/aromatic N) is 4. The van der Waals surface area contributed by atoms with Crippen molar-refractivity contribution in [2.24, 2.45) is 0 Å². The lowest BCUT2D eigenvalue weighted by atomic mass is 10.2. The lowest BCUT2D eigenvalue weighted by Gasteiger charge is -2.22. The summed E-state index contributed by atoms with van der Waals surface area (Å²) in [5.41, 5.74) is -0.00880. The molecule has 0 aliphatic carbocycles. The van der Waals surface area contributed by atoms with E-state index in [4.69, 9.17) is 11.6 Å². The first kappa shape index (κ1) is 15.5. The first-order valence-electron chi connectivity index (χ1n) is 7.34. The number of aromatic nitrogens is 3. The van der Waals surface area contributed by atoms with Crippen LogP contribution in [-0.4, -0.2) is 51.9 Å². The summed E-state index contributed by atoms with van der Waals surface area (Å²) in [5, 5.41) is 0.0185. The Morgan fingerprint density at radius 2 is 1.96 bits per heavy atom. The van der Waals surface area contributed by atoms with Gasteiger partial charge in [-0.1, -0.05) is 11.6 Å². The van der Waals surface area contributed by atoms with E-state index in [1.54, 1.807) is 23.4 Å². The van der Waals surface area contributed by atoms with Gasteiger partial charge < -0.3 is 14.8 Å². The van der Waals surface area contributed by atoms with E-state index in [-0.39, 0.29) is 10.9 Å². The summed E-state index contributed by atoms with van der Waals surface area (Å²) in [7, 11) is 0. The van der Waals surface area contributed by atoms with Crippen molar-refractivity contribution in [3.05, 3.63) is 51.7 Å². The Kier molecular flexibility index (Phi) is 4.57. The molecule has 0 atom stereocenters. The van der Waals surface area contributed by atoms with Gasteiger partial charge in [-0.25, -0.2) is 9.97 Å². The van der Waals surface area contributed by atoms with Crippen molar-refractivity contribution in [2.75, 3.05) is 31.1 Å². The number of amides is 1. The van der Waals surface area contributed by atoms with Crippen molar-refractivity contribution in [3.63, 3.8) is 0 Å². The smallest absolute Gasteiger partial charge is 0.266 e. The van der Waals surface area contributed by atoms with Gasteiger partial charge in [0.15, 0.2) is 0 Å². The second kappa shape index (κ2) is 6.78. The molecule has 0 unspecified atom stereocenters. The third-order valence-electron chi connectivity index (χ3n) is 3.72. The average Bonchev–Trinajstić information content (AvgIpc) is 2.83. The molecule has 2 aromatic heterocycles. The summed E-state index contributed by atoms with van der Waals surface area (Å²) >= 11 is 5.79. The maximum absolute atomic E-state index is 12.6. The largest absolute Gasteiger partial charge is 0.339 e. The molecule has 23 heavy (non-hydrogen) atoms. The highest BCUT2D eigenvalue weighted by molar-refractivity contribution is 6.30. The fourth-order valence-electron chi connectivity index (χ4n) is 2.54. The van der Waals surface area contributed by atoms with Crippen LogP contribution in [0.3, 0.4) is 0 Å². The molecule has 0 radical (unpaired) electrons. The number of hydrogen-bond acceptors (Lipinski definition) is 5. The van der Waals surface area contributed by atoms with E-state index in [1.807, 2.05) is 0 Å². The molecule has 1 saturated heterocycles. The Morgan fingerprint density at radius 1 is 1.17 bits per heavy atom. The number of aromatic amines is 1. The van der Waals surface area contributed by atoms with E-state index < -0.39 is 5.56 Å². The van der Waals surface area contributed by atoms with Gasteiger partial charge in [-0.05, 0) is 18.6 Å². The minimum atomic E-state index is -0.397. The Hall–Kier alpha value is -2.41. The molecule has 7 nitrogen and oxygen atoms in total. The van der Waals surface area contributed by atoms with E-state index >= 15 is 0 Å². The van der Waals surface area contributed by atoms with Gasteiger partial charge in [-0.3, -0.25) is 9.59 Å². The number of carbonyl (C=O) groups is 1. The van der Waals surface area contributed by atoms with Crippen molar-refractivity contribution < 1.29 is 4.79 Å². The van der Waals surface area contributed by atoms with Gasteiger partial charge >= 0.3 is 0 Å². The van der Waals surface area contributed by atoms with Crippen molar-refractivity contribution in [3.8, 4) is 0 Å². The average molecular weight is 334 g/mol. The number of H-pyrrole nitrogens is 1. The summed E-state index contributed by atoms with van der Waals surface area (Å²) < 4.78 is 0. The summed E-state index contributed by atoms with van der Waals surface area (Å²) in [6, 6.07) is 3.18. The molecule has 1 aliphatic heterocycles. The van der Waals surface area contributed by atoms with Crippen LogP contribution in [0.5, 0.6) is 0 Å². The summed E-state index contributed by atoms with van der Waals surface area (Å²) in [6.07, 6.45) is 5.64. The summed E-state index contributed by atoms with van der Waals surface area (Å²) in [6.45, 7) is 2.65. The van der Waals surface area contributed by atoms with Gasteiger partial charge in [-0.2, -0.15) is 0 Å². The molecule has 1 N–H and O–H groups in total. The Bertz CT molecular complexity index is 749. The maximum atomic E-state index is 12.6. The fraction of sp³-hybridized carbons (Fsp3) is 0.333. The van der Waals surface area contributed by atoms with Gasteiger partial charge in [0.25, 0.3) is 11.5 Å². The van der Waals surface area contributed by atoms with Crippen molar-refractivity contribution in [1.29, 1.82) is 0 Å². The number of nitrogens with one attached hydrogen (secondary N) is 1. The molecule has 1 aliphatic rings. The molecule has 3 rings (SSSR count). The minimum Gasteiger partial charge on any atom is -0.339 e. The van der Waals surface area contributed by atoms with E-state index in [2.05, 4.69) is 19.9 Å². The van der Waals surface area contributed by atoms with E-state index in [1.165, 1.54) is 12.3 Å². The molecular weight excluding hydrogens is 318 g/mol. The quantitative estimate of drug-likeness (QED) is 0.892. The van der Waals surface area contributed by atoms with Crippen LogP contribution in [0.2, 0.25) is 5.02 Å². The van der Waals surface area contributed by atoms with E-state index in [0.717, 1.165) is 13.0 Å². The van der Waals surface area contributed by atoms with Gasteiger partial charge in [0.2, 0.25) is 5.95 Å². The summed E-state index contributed by atoms with van der Waals surface area (Å²) in [5.74, 6) is 0.535. The van der Waals surface area contributed by atoms with Crippen LogP contribution < -0.4 is 10.5 Å². The number of rotatable bonds is 2. The third kappa shape index (κ3) is 3.50. The monoisotopic (exact) mass is 333 g/mol. The Labute approximate surface area is 137 Å². The minimum absolute atomic E-state index is 0.0185. The number of anilines is 1. The molecule has 0 saturated carbocycles. The van der Waals surface area contributed by atoms with Crippen molar-refractivity contribution in [1.82, 2.24) is 19.9 Å². The Morgan fingerprint density at radius 3 is 2.70 bits per heavy atom. The van der Waals surface area contributed by atoms with Crippen molar-refractivity contribution in [2.45, 2.75) is 6.42 Å². The molecular formula is C15H16ClN5O2. The van der Waals surface area contributed by atoms with Crippen LogP contribution in [0.15, 0.2) is 35.5 Å². The molecule has 8 heteroatoms. The number of halogens is 1. The third-order valence-corrected chi connectivity index (χ3v) is 4.00. The van der Waals surface area contributed by atoms with Gasteiger partial charge in [0.05, 0.1) is 5.56 Å². The zero-order chi connectivity index (χ0) is 16.2. The van der Waals surface area contributed by atoms with Crippen LogP contribution >= 0.6 is 11.6 Å². The Balaban J connectivity index is 1.71. The highest BCUT2D eigenvalue weighted by Crippen LogP contribution is 2.13. The van der Waals surface area contributed by atoms with Gasteiger partial charge in [-0.15, -0.1) is 0 Å². The van der Waals surface area contributed by atoms with Crippen LogP contribution in [0.25, 0.3) is 0 Å². The van der Waals surface area contributed by atoms with Crippen LogP contribution in [-0.2, 0) is 0 Å². The van der Waals surface area contributed by atoms with E-state index in [9.17, 15) is 9.59 Å². The number of pyridine rings is 1. The lowest BCUT2D eigenvalue weighted by molar-refractivity contribution is 0.0766. The first-order chi connectivity index (χ1) is 11.1. The second-order valence-corrected chi connectivity index (χ2v) is 5.65. The molecule has 1 fully saturated rings. The van der Waals surface area contributed by atoms with Crippen LogP contribution in [0, 0.1) is 0 Å². The molecule has 0 bridgehead atoms. The normalized spacial score (nSPS) is 15.3. The molecule has 3 heterocycles. The zero-order valence-corrected chi connectivity index (χ0v) is 13.2. The predicted molar refractivity (Wildman–Crippen MR) is 86.8 cm³/mol. The first-order valence-corrected chi connectivity index (χ1v) is 7.72. The summed E-state index contributed by atoms with van der Waals surface area (Å²) in [4.78, 5) is 38.6. The lowest BCUT2D eigenvalue weighted by Crippen LogP contribution is -2.35. The maximum Gasteiger partial charge on any atom is 0.266 e. The molecule has 1 amide bonds. The highest BCUT2D eigenvalue weighted by atomic mass is 35.5. The molecule has 2 aromatic rings. The van der Waals surface area contributed by atoms with E-state index in [0.29, 0.717) is 31.1 Å². The fourth-order valence-corrected chi connectivity index (χ4v) is 2.71. The predicted octanol–water partition coefficient (Wildman–Crippen LogP) is 1.17. The van der Waals surface area contributed by atoms with Crippen LogP contribution in [0.4, 0.5) is 5.95 Å². The van der Waals surface area contributed by atoms with Crippen molar-refractivity contribution >= 4 is 23.5 Å². The second-order valence-electron chi connectivity index (χ2n) is 5.25. The van der Waals surface area contributed by atoms with Crippen LogP contribution in [0.1, 0.15) is 16.8 Å².